The molecule has 0 amide bonds. The Morgan fingerprint density at radius 3 is 2.14 bits per heavy atom. The number of carboxylic acids is 1. The molecule has 1 N–H and O–H groups in total. The third-order valence-electron chi connectivity index (χ3n) is 3.15. The quantitative estimate of drug-likeness (QED) is 0.745. The number of carbonyl (C=O) groups excluding carboxylic acids is 1. The Morgan fingerprint density at radius 1 is 0.909 bits per heavy atom. The number of hydrogen-bond acceptors (Lipinski definition) is 4. The first-order valence-electron chi connectivity index (χ1n) is 6.54. The number of carbonyl (C=O) groups is 2. The van der Waals surface area contributed by atoms with Crippen molar-refractivity contribution in [2.75, 3.05) is 0 Å². The molecule has 0 aliphatic rings. The zero-order valence-corrected chi connectivity index (χ0v) is 12.2. The number of rotatable bonds is 4. The highest BCUT2D eigenvalue weighted by molar-refractivity contribution is 7.13. The largest absolute Gasteiger partial charge is 0.476 e. The van der Waals surface area contributed by atoms with Crippen molar-refractivity contribution in [2.24, 2.45) is 0 Å². The molecule has 0 spiro atoms. The number of hydrogen-bond donors (Lipinski definition) is 1. The van der Waals surface area contributed by atoms with E-state index in [1.54, 1.807) is 36.4 Å². The second kappa shape index (κ2) is 5.91. The Bertz CT molecular complexity index is 823. The number of aromatic carboxylic acids is 1. The molecule has 1 heterocycles. The summed E-state index contributed by atoms with van der Waals surface area (Å²) in [5, 5.41) is 11.0. The van der Waals surface area contributed by atoms with Gasteiger partial charge in [-0.2, -0.15) is 0 Å². The lowest BCUT2D eigenvalue weighted by Crippen LogP contribution is -2.00. The summed E-state index contributed by atoms with van der Waals surface area (Å²) in [6.07, 6.45) is 0. The molecule has 0 atom stereocenters. The van der Waals surface area contributed by atoms with E-state index in [2.05, 4.69) is 4.98 Å². The van der Waals surface area contributed by atoms with Crippen LogP contribution in [0.1, 0.15) is 26.4 Å². The average Bonchev–Trinajstić information content (AvgIpc) is 3.05. The van der Waals surface area contributed by atoms with Crippen molar-refractivity contribution in [3.05, 3.63) is 76.8 Å². The Morgan fingerprint density at radius 2 is 1.55 bits per heavy atom. The predicted molar refractivity (Wildman–Crippen MR) is 84.4 cm³/mol. The van der Waals surface area contributed by atoms with Gasteiger partial charge in [0.2, 0.25) is 0 Å². The molecule has 3 aromatic rings. The van der Waals surface area contributed by atoms with Crippen molar-refractivity contribution >= 4 is 23.1 Å². The summed E-state index contributed by atoms with van der Waals surface area (Å²) in [6, 6.07) is 16.1. The smallest absolute Gasteiger partial charge is 0.355 e. The summed E-state index contributed by atoms with van der Waals surface area (Å²) < 4.78 is 0. The lowest BCUT2D eigenvalue weighted by molar-refractivity contribution is 0.0691. The fourth-order valence-electron chi connectivity index (χ4n) is 2.02. The van der Waals surface area contributed by atoms with Crippen molar-refractivity contribution in [3.63, 3.8) is 0 Å². The fourth-order valence-corrected chi connectivity index (χ4v) is 2.82. The predicted octanol–water partition coefficient (Wildman–Crippen LogP) is 3.74. The van der Waals surface area contributed by atoms with E-state index in [9.17, 15) is 9.59 Å². The molecule has 0 fully saturated rings. The number of thiazole rings is 1. The monoisotopic (exact) mass is 309 g/mol. The molecule has 0 radical (unpaired) electrons. The van der Waals surface area contributed by atoms with Crippen LogP contribution >= 0.6 is 11.3 Å². The molecule has 22 heavy (non-hydrogen) atoms. The van der Waals surface area contributed by atoms with Gasteiger partial charge in [-0.25, -0.2) is 9.78 Å². The van der Waals surface area contributed by atoms with Crippen LogP contribution in [0.25, 0.3) is 10.6 Å². The van der Waals surface area contributed by atoms with Gasteiger partial charge in [0.15, 0.2) is 11.5 Å². The summed E-state index contributed by atoms with van der Waals surface area (Å²) in [7, 11) is 0. The van der Waals surface area contributed by atoms with E-state index in [1.807, 2.05) is 18.2 Å². The molecule has 3 rings (SSSR count). The lowest BCUT2D eigenvalue weighted by atomic mass is 10.0. The van der Waals surface area contributed by atoms with Crippen LogP contribution in [0.2, 0.25) is 0 Å². The minimum absolute atomic E-state index is 0.0319. The summed E-state index contributed by atoms with van der Waals surface area (Å²) in [5.41, 5.74) is 2.05. The molecule has 0 aliphatic heterocycles. The Hall–Kier alpha value is -2.79. The van der Waals surface area contributed by atoms with Gasteiger partial charge in [-0.3, -0.25) is 4.79 Å². The van der Waals surface area contributed by atoms with E-state index in [1.165, 1.54) is 16.7 Å². The van der Waals surface area contributed by atoms with E-state index in [0.717, 1.165) is 5.56 Å². The number of aromatic nitrogens is 1. The third kappa shape index (κ3) is 2.80. The number of carboxylic acid groups (broad SMARTS) is 1. The van der Waals surface area contributed by atoms with E-state index in [0.29, 0.717) is 16.1 Å². The normalized spacial score (nSPS) is 10.4. The molecule has 2 aromatic carbocycles. The second-order valence-electron chi connectivity index (χ2n) is 4.62. The summed E-state index contributed by atoms with van der Waals surface area (Å²) in [4.78, 5) is 27.2. The number of benzene rings is 2. The molecular weight excluding hydrogens is 298 g/mol. The van der Waals surface area contributed by atoms with Gasteiger partial charge in [0.05, 0.1) is 0 Å². The molecule has 0 unspecified atom stereocenters. The maximum atomic E-state index is 12.3. The fraction of sp³-hybridized carbons (Fsp3) is 0. The maximum Gasteiger partial charge on any atom is 0.355 e. The zero-order valence-electron chi connectivity index (χ0n) is 11.4. The molecule has 108 valence electrons. The molecular formula is C17H11NO3S. The van der Waals surface area contributed by atoms with Crippen LogP contribution in [0.4, 0.5) is 0 Å². The first kappa shape index (κ1) is 14.2. The highest BCUT2D eigenvalue weighted by atomic mass is 32.1. The van der Waals surface area contributed by atoms with Gasteiger partial charge in [-0.1, -0.05) is 54.6 Å². The maximum absolute atomic E-state index is 12.3. The van der Waals surface area contributed by atoms with Crippen molar-refractivity contribution in [1.82, 2.24) is 4.98 Å². The summed E-state index contributed by atoms with van der Waals surface area (Å²) in [6.45, 7) is 0. The van der Waals surface area contributed by atoms with Crippen LogP contribution in [-0.2, 0) is 0 Å². The Kier molecular flexibility index (Phi) is 3.80. The van der Waals surface area contributed by atoms with E-state index in [4.69, 9.17) is 5.11 Å². The highest BCUT2D eigenvalue weighted by Crippen LogP contribution is 2.24. The Labute approximate surface area is 130 Å². The molecule has 0 bridgehead atoms. The van der Waals surface area contributed by atoms with Gasteiger partial charge in [-0.05, 0) is 0 Å². The van der Waals surface area contributed by atoms with E-state index < -0.39 is 5.97 Å². The SMILES string of the molecule is O=C(c1ccccc1)c1ccc(-c2nc(C(=O)O)cs2)cc1. The van der Waals surface area contributed by atoms with Crippen molar-refractivity contribution < 1.29 is 14.7 Å². The topological polar surface area (TPSA) is 67.3 Å². The molecule has 4 nitrogen and oxygen atoms in total. The third-order valence-corrected chi connectivity index (χ3v) is 4.04. The minimum atomic E-state index is -1.04. The first-order chi connectivity index (χ1) is 10.6. The van der Waals surface area contributed by atoms with Crippen LogP contribution in [0.5, 0.6) is 0 Å². The van der Waals surface area contributed by atoms with Gasteiger partial charge in [-0.15, -0.1) is 11.3 Å². The van der Waals surface area contributed by atoms with Crippen LogP contribution < -0.4 is 0 Å². The molecule has 0 saturated carbocycles. The van der Waals surface area contributed by atoms with Crippen LogP contribution in [0, 0.1) is 0 Å². The Balaban J connectivity index is 1.86. The summed E-state index contributed by atoms with van der Waals surface area (Å²) in [5.74, 6) is -1.09. The molecule has 5 heteroatoms. The van der Waals surface area contributed by atoms with Gasteiger partial charge >= 0.3 is 5.97 Å². The lowest BCUT2D eigenvalue weighted by Gasteiger charge is -2.02. The molecule has 0 saturated heterocycles. The van der Waals surface area contributed by atoms with Crippen LogP contribution in [0.15, 0.2) is 60.0 Å². The van der Waals surface area contributed by atoms with E-state index in [-0.39, 0.29) is 11.5 Å². The van der Waals surface area contributed by atoms with Gasteiger partial charge in [0, 0.05) is 22.1 Å². The first-order valence-corrected chi connectivity index (χ1v) is 7.42. The highest BCUT2D eigenvalue weighted by Gasteiger charge is 2.12. The summed E-state index contributed by atoms with van der Waals surface area (Å²) >= 11 is 1.26. The van der Waals surface area contributed by atoms with Gasteiger partial charge in [0.25, 0.3) is 0 Å². The van der Waals surface area contributed by atoms with Crippen LogP contribution in [0.3, 0.4) is 0 Å². The van der Waals surface area contributed by atoms with Crippen LogP contribution in [-0.4, -0.2) is 21.8 Å². The van der Waals surface area contributed by atoms with Crippen molar-refractivity contribution in [3.8, 4) is 10.6 Å². The van der Waals surface area contributed by atoms with Crippen molar-refractivity contribution in [2.45, 2.75) is 0 Å². The van der Waals surface area contributed by atoms with E-state index >= 15 is 0 Å². The number of nitrogens with zero attached hydrogens (tertiary/aromatic N) is 1. The van der Waals surface area contributed by atoms with Gasteiger partial charge in [0.1, 0.15) is 5.01 Å². The molecule has 0 aliphatic carbocycles. The molecule has 1 aromatic heterocycles. The minimum Gasteiger partial charge on any atom is -0.476 e. The standard InChI is InChI=1S/C17H11NO3S/c19-15(11-4-2-1-3-5-11)12-6-8-13(9-7-12)16-18-14(10-22-16)17(20)21/h1-10H,(H,20,21). The second-order valence-corrected chi connectivity index (χ2v) is 5.47. The van der Waals surface area contributed by atoms with Gasteiger partial charge < -0.3 is 5.11 Å². The number of ketones is 1. The zero-order chi connectivity index (χ0) is 15.5. The van der Waals surface area contributed by atoms with Crippen molar-refractivity contribution in [1.29, 1.82) is 0 Å². The average molecular weight is 309 g/mol.